The number of carbonyl (C=O) groups excluding carboxylic acids is 3. The number of anilines is 1. The summed E-state index contributed by atoms with van der Waals surface area (Å²) in [5, 5.41) is 5.15. The Balaban J connectivity index is 1.47. The summed E-state index contributed by atoms with van der Waals surface area (Å²) >= 11 is 0. The van der Waals surface area contributed by atoms with Gasteiger partial charge in [0.2, 0.25) is 17.7 Å². The Bertz CT molecular complexity index is 809. The van der Waals surface area contributed by atoms with E-state index in [-0.39, 0.29) is 42.8 Å². The van der Waals surface area contributed by atoms with Gasteiger partial charge >= 0.3 is 0 Å². The Morgan fingerprint density at radius 3 is 2.58 bits per heavy atom. The first-order valence-corrected chi connectivity index (χ1v) is 10.3. The van der Waals surface area contributed by atoms with Gasteiger partial charge in [-0.15, -0.1) is 0 Å². The highest BCUT2D eigenvalue weighted by molar-refractivity contribution is 7.91. The molecule has 2 aliphatic rings. The Hall–Kier alpha value is -2.42. The second-order valence-corrected chi connectivity index (χ2v) is 8.85. The van der Waals surface area contributed by atoms with Crippen LogP contribution in [-0.2, 0) is 24.2 Å². The molecular weight excluding hydrogens is 358 g/mol. The van der Waals surface area contributed by atoms with E-state index in [1.54, 1.807) is 17.0 Å². The van der Waals surface area contributed by atoms with E-state index in [2.05, 4.69) is 10.6 Å². The Labute approximate surface area is 151 Å². The first kappa shape index (κ1) is 18.4. The maximum atomic E-state index is 12.2. The second-order valence-electron chi connectivity index (χ2n) is 6.63. The molecule has 8 nitrogen and oxygen atoms in total. The molecule has 1 aromatic rings. The number of para-hydroxylation sites is 1. The molecule has 0 aromatic heterocycles. The lowest BCUT2D eigenvalue weighted by Crippen LogP contribution is -2.44. The quantitative estimate of drug-likeness (QED) is 0.713. The maximum absolute atomic E-state index is 12.2. The first-order valence-electron chi connectivity index (χ1n) is 8.47. The molecule has 3 amide bonds. The van der Waals surface area contributed by atoms with E-state index in [4.69, 9.17) is 0 Å². The molecule has 2 aliphatic heterocycles. The van der Waals surface area contributed by atoms with Crippen molar-refractivity contribution in [2.24, 2.45) is 5.92 Å². The minimum absolute atomic E-state index is 0.0597. The van der Waals surface area contributed by atoms with Crippen molar-refractivity contribution < 1.29 is 22.8 Å². The van der Waals surface area contributed by atoms with Crippen molar-refractivity contribution in [3.05, 3.63) is 30.3 Å². The lowest BCUT2D eigenvalue weighted by Gasteiger charge is -2.16. The highest BCUT2D eigenvalue weighted by Gasteiger charge is 2.35. The van der Waals surface area contributed by atoms with Gasteiger partial charge in [-0.1, -0.05) is 18.2 Å². The van der Waals surface area contributed by atoms with Crippen LogP contribution < -0.4 is 15.5 Å². The third-order valence-corrected chi connectivity index (χ3v) is 6.35. The minimum Gasteiger partial charge on any atom is -0.351 e. The summed E-state index contributed by atoms with van der Waals surface area (Å²) in [5.74, 6) is -1.41. The van der Waals surface area contributed by atoms with Gasteiger partial charge in [0.15, 0.2) is 9.84 Å². The third-order valence-electron chi connectivity index (χ3n) is 4.58. The average Bonchev–Trinajstić information content (AvgIpc) is 3.15. The molecule has 3 rings (SSSR count). The lowest BCUT2D eigenvalue weighted by atomic mass is 10.1. The lowest BCUT2D eigenvalue weighted by molar-refractivity contribution is -0.129. The monoisotopic (exact) mass is 379 g/mol. The number of sulfone groups is 1. The standard InChI is InChI=1S/C17H21N3O5S/c21-15(19-13-6-7-26(24,25)11-13)9-18-17(23)12-8-16(22)20(10-12)14-4-2-1-3-5-14/h1-5,12-13H,6-11H2,(H,18,23)(H,19,21). The molecule has 0 bridgehead atoms. The molecule has 0 aliphatic carbocycles. The molecule has 1 aromatic carbocycles. The Morgan fingerprint density at radius 2 is 1.92 bits per heavy atom. The Kier molecular flexibility index (Phi) is 5.26. The largest absolute Gasteiger partial charge is 0.351 e. The number of nitrogens with one attached hydrogen (secondary N) is 2. The van der Waals surface area contributed by atoms with Gasteiger partial charge in [-0.05, 0) is 18.6 Å². The van der Waals surface area contributed by atoms with Crippen LogP contribution in [0.25, 0.3) is 0 Å². The van der Waals surface area contributed by atoms with E-state index >= 15 is 0 Å². The van der Waals surface area contributed by atoms with E-state index in [1.807, 2.05) is 18.2 Å². The predicted molar refractivity (Wildman–Crippen MR) is 95.1 cm³/mol. The van der Waals surface area contributed by atoms with Crippen LogP contribution in [0.4, 0.5) is 5.69 Å². The summed E-state index contributed by atoms with van der Waals surface area (Å²) in [6.07, 6.45) is 0.494. The van der Waals surface area contributed by atoms with Gasteiger partial charge < -0.3 is 15.5 Å². The molecule has 2 N–H and O–H groups in total. The van der Waals surface area contributed by atoms with Crippen molar-refractivity contribution >= 4 is 33.2 Å². The van der Waals surface area contributed by atoms with Crippen LogP contribution >= 0.6 is 0 Å². The molecule has 9 heteroatoms. The molecule has 140 valence electrons. The zero-order valence-corrected chi connectivity index (χ0v) is 15.0. The molecule has 2 heterocycles. The Morgan fingerprint density at radius 1 is 1.19 bits per heavy atom. The van der Waals surface area contributed by atoms with Crippen LogP contribution in [0.15, 0.2) is 30.3 Å². The number of carbonyl (C=O) groups is 3. The molecular formula is C17H21N3O5S. The van der Waals surface area contributed by atoms with Crippen molar-refractivity contribution in [1.29, 1.82) is 0 Å². The molecule has 0 spiro atoms. The number of rotatable bonds is 5. The summed E-state index contributed by atoms with van der Waals surface area (Å²) < 4.78 is 22.8. The van der Waals surface area contributed by atoms with Gasteiger partial charge in [-0.25, -0.2) is 8.42 Å². The molecule has 2 saturated heterocycles. The SMILES string of the molecule is O=C(CNC(=O)C1CC(=O)N(c2ccccc2)C1)NC1CCS(=O)(=O)C1. The van der Waals surface area contributed by atoms with Crippen LogP contribution in [0.2, 0.25) is 0 Å². The van der Waals surface area contributed by atoms with Crippen molar-refractivity contribution in [3.63, 3.8) is 0 Å². The first-order chi connectivity index (χ1) is 12.3. The van der Waals surface area contributed by atoms with Gasteiger partial charge in [-0.2, -0.15) is 0 Å². The smallest absolute Gasteiger partial charge is 0.239 e. The van der Waals surface area contributed by atoms with Crippen LogP contribution in [0.1, 0.15) is 12.8 Å². The molecule has 26 heavy (non-hydrogen) atoms. The van der Waals surface area contributed by atoms with Gasteiger partial charge in [0.25, 0.3) is 0 Å². The fourth-order valence-electron chi connectivity index (χ4n) is 3.24. The zero-order chi connectivity index (χ0) is 18.7. The average molecular weight is 379 g/mol. The van der Waals surface area contributed by atoms with Gasteiger partial charge in [0.1, 0.15) is 0 Å². The van der Waals surface area contributed by atoms with E-state index < -0.39 is 27.7 Å². The van der Waals surface area contributed by atoms with E-state index in [1.165, 1.54) is 0 Å². The topological polar surface area (TPSA) is 113 Å². The fourth-order valence-corrected chi connectivity index (χ4v) is 4.91. The normalized spacial score (nSPS) is 24.5. The molecule has 0 saturated carbocycles. The van der Waals surface area contributed by atoms with E-state index in [0.29, 0.717) is 6.42 Å². The van der Waals surface area contributed by atoms with Gasteiger partial charge in [0, 0.05) is 24.7 Å². The van der Waals surface area contributed by atoms with Crippen LogP contribution in [0.5, 0.6) is 0 Å². The second kappa shape index (κ2) is 7.45. The van der Waals surface area contributed by atoms with Crippen molar-refractivity contribution in [2.75, 3.05) is 29.5 Å². The van der Waals surface area contributed by atoms with Crippen molar-refractivity contribution in [2.45, 2.75) is 18.9 Å². The van der Waals surface area contributed by atoms with Gasteiger partial charge in [0.05, 0.1) is 24.0 Å². The van der Waals surface area contributed by atoms with Crippen LogP contribution in [0.3, 0.4) is 0 Å². The van der Waals surface area contributed by atoms with Crippen molar-refractivity contribution in [3.8, 4) is 0 Å². The zero-order valence-electron chi connectivity index (χ0n) is 14.2. The highest BCUT2D eigenvalue weighted by Crippen LogP contribution is 2.24. The molecule has 0 radical (unpaired) electrons. The predicted octanol–water partition coefficient (Wildman–Crippen LogP) is -0.541. The van der Waals surface area contributed by atoms with Crippen molar-refractivity contribution in [1.82, 2.24) is 10.6 Å². The van der Waals surface area contributed by atoms with Crippen LogP contribution in [0, 0.1) is 5.92 Å². The number of amides is 3. The summed E-state index contributed by atoms with van der Waals surface area (Å²) in [5.41, 5.74) is 0.744. The minimum atomic E-state index is -3.07. The number of benzene rings is 1. The summed E-state index contributed by atoms with van der Waals surface area (Å²) in [6, 6.07) is 8.71. The number of nitrogens with zero attached hydrogens (tertiary/aromatic N) is 1. The molecule has 2 atom stereocenters. The molecule has 2 unspecified atom stereocenters. The highest BCUT2D eigenvalue weighted by atomic mass is 32.2. The third kappa shape index (κ3) is 4.40. The number of hydrogen-bond acceptors (Lipinski definition) is 5. The van der Waals surface area contributed by atoms with Gasteiger partial charge in [-0.3, -0.25) is 14.4 Å². The summed E-state index contributed by atoms with van der Waals surface area (Å²) in [6.45, 7) is 0.0442. The van der Waals surface area contributed by atoms with E-state index in [9.17, 15) is 22.8 Å². The molecule has 2 fully saturated rings. The number of hydrogen-bond donors (Lipinski definition) is 2. The fraction of sp³-hybridized carbons (Fsp3) is 0.471. The van der Waals surface area contributed by atoms with E-state index in [0.717, 1.165) is 5.69 Å². The van der Waals surface area contributed by atoms with Crippen LogP contribution in [-0.4, -0.2) is 56.8 Å². The maximum Gasteiger partial charge on any atom is 0.239 e. The summed E-state index contributed by atoms with van der Waals surface area (Å²) in [4.78, 5) is 37.8. The summed E-state index contributed by atoms with van der Waals surface area (Å²) in [7, 11) is -3.07.